The Balaban J connectivity index is 1.86. The van der Waals surface area contributed by atoms with E-state index in [-0.39, 0.29) is 30.4 Å². The van der Waals surface area contributed by atoms with Gasteiger partial charge in [-0.1, -0.05) is 29.8 Å². The summed E-state index contributed by atoms with van der Waals surface area (Å²) in [5.41, 5.74) is 2.22. The molecule has 1 amide bonds. The molecule has 0 heterocycles. The second-order valence-electron chi connectivity index (χ2n) is 5.37. The molecule has 0 aliphatic carbocycles. The first-order valence-corrected chi connectivity index (χ1v) is 8.95. The fourth-order valence-corrected chi connectivity index (χ4v) is 3.10. The van der Waals surface area contributed by atoms with E-state index in [4.69, 9.17) is 5.11 Å². The van der Waals surface area contributed by atoms with Crippen molar-refractivity contribution in [2.45, 2.75) is 24.8 Å². The van der Waals surface area contributed by atoms with E-state index >= 15 is 0 Å². The van der Waals surface area contributed by atoms with Crippen molar-refractivity contribution < 1.29 is 18.3 Å². The first-order valence-electron chi connectivity index (χ1n) is 7.47. The maximum Gasteiger partial charge on any atom is 0.240 e. The molecule has 0 aliphatic rings. The summed E-state index contributed by atoms with van der Waals surface area (Å²) in [6, 6.07) is 13.3. The minimum Gasteiger partial charge on any atom is -0.392 e. The smallest absolute Gasteiger partial charge is 0.240 e. The van der Waals surface area contributed by atoms with E-state index in [9.17, 15) is 13.2 Å². The summed E-state index contributed by atoms with van der Waals surface area (Å²) < 4.78 is 26.6. The topological polar surface area (TPSA) is 95.5 Å². The van der Waals surface area contributed by atoms with Crippen LogP contribution in [0.15, 0.2) is 53.4 Å². The molecule has 0 radical (unpaired) electrons. The average Bonchev–Trinajstić information content (AvgIpc) is 2.55. The molecule has 7 heteroatoms. The molecule has 6 nitrogen and oxygen atoms in total. The number of benzene rings is 2. The SMILES string of the molecule is Cc1ccc(S(=O)(=O)NCCC(=O)Nc2cccc(CO)c2)cc1. The second-order valence-corrected chi connectivity index (χ2v) is 7.13. The Hall–Kier alpha value is -2.22. The van der Waals surface area contributed by atoms with Gasteiger partial charge in [-0.15, -0.1) is 0 Å². The number of hydrogen-bond donors (Lipinski definition) is 3. The maximum absolute atomic E-state index is 12.1. The minimum absolute atomic E-state index is 0.00172. The highest BCUT2D eigenvalue weighted by atomic mass is 32.2. The van der Waals surface area contributed by atoms with Crippen LogP contribution in [0.5, 0.6) is 0 Å². The van der Waals surface area contributed by atoms with E-state index in [0.717, 1.165) is 5.56 Å². The molecule has 0 fully saturated rings. The molecular formula is C17H20N2O4S. The molecule has 2 aromatic carbocycles. The monoisotopic (exact) mass is 348 g/mol. The van der Waals surface area contributed by atoms with Gasteiger partial charge >= 0.3 is 0 Å². The van der Waals surface area contributed by atoms with E-state index in [2.05, 4.69) is 10.0 Å². The van der Waals surface area contributed by atoms with E-state index in [1.165, 1.54) is 12.1 Å². The Morgan fingerprint density at radius 1 is 1.12 bits per heavy atom. The third kappa shape index (κ3) is 5.16. The molecule has 0 unspecified atom stereocenters. The highest BCUT2D eigenvalue weighted by Crippen LogP contribution is 2.12. The zero-order valence-corrected chi connectivity index (χ0v) is 14.1. The van der Waals surface area contributed by atoms with Gasteiger partial charge in [0.1, 0.15) is 0 Å². The Labute approximate surface area is 141 Å². The second kappa shape index (κ2) is 8.05. The zero-order chi connectivity index (χ0) is 17.6. The number of hydrogen-bond acceptors (Lipinski definition) is 4. The van der Waals surface area contributed by atoms with Gasteiger partial charge < -0.3 is 10.4 Å². The van der Waals surface area contributed by atoms with Crippen LogP contribution in [0.1, 0.15) is 17.5 Å². The molecule has 24 heavy (non-hydrogen) atoms. The third-order valence-corrected chi connectivity index (χ3v) is 4.85. The maximum atomic E-state index is 12.1. The molecule has 0 atom stereocenters. The summed E-state index contributed by atoms with van der Waals surface area (Å²) >= 11 is 0. The van der Waals surface area contributed by atoms with Crippen LogP contribution in [-0.2, 0) is 21.4 Å². The van der Waals surface area contributed by atoms with Crippen LogP contribution >= 0.6 is 0 Å². The summed E-state index contributed by atoms with van der Waals surface area (Å²) in [5.74, 6) is -0.309. The predicted octanol–water partition coefficient (Wildman–Crippen LogP) is 1.79. The summed E-state index contributed by atoms with van der Waals surface area (Å²) in [6.45, 7) is 1.77. The highest BCUT2D eigenvalue weighted by molar-refractivity contribution is 7.89. The van der Waals surface area contributed by atoms with Crippen LogP contribution in [-0.4, -0.2) is 26.0 Å². The Kier molecular flexibility index (Phi) is 6.08. The summed E-state index contributed by atoms with van der Waals surface area (Å²) in [7, 11) is -3.62. The molecule has 0 saturated carbocycles. The largest absolute Gasteiger partial charge is 0.392 e. The van der Waals surface area contributed by atoms with E-state index < -0.39 is 10.0 Å². The molecule has 0 bridgehead atoms. The van der Waals surface area contributed by atoms with Gasteiger partial charge in [-0.25, -0.2) is 13.1 Å². The van der Waals surface area contributed by atoms with Gasteiger partial charge in [0.05, 0.1) is 11.5 Å². The van der Waals surface area contributed by atoms with Crippen molar-refractivity contribution in [2.75, 3.05) is 11.9 Å². The molecule has 0 aromatic heterocycles. The van der Waals surface area contributed by atoms with Crippen molar-refractivity contribution in [3.05, 3.63) is 59.7 Å². The van der Waals surface area contributed by atoms with Crippen molar-refractivity contribution in [2.24, 2.45) is 0 Å². The van der Waals surface area contributed by atoms with Gasteiger partial charge in [0, 0.05) is 18.7 Å². The summed E-state index contributed by atoms with van der Waals surface area (Å²) in [5, 5.41) is 11.7. The number of sulfonamides is 1. The van der Waals surface area contributed by atoms with Crippen LogP contribution in [0.25, 0.3) is 0 Å². The molecule has 0 aliphatic heterocycles. The van der Waals surface area contributed by atoms with Crippen LogP contribution in [0.2, 0.25) is 0 Å². The van der Waals surface area contributed by atoms with Crippen molar-refractivity contribution in [3.8, 4) is 0 Å². The Morgan fingerprint density at radius 3 is 2.50 bits per heavy atom. The molecule has 2 rings (SSSR count). The Morgan fingerprint density at radius 2 is 1.83 bits per heavy atom. The standard InChI is InChI=1S/C17H20N2O4S/c1-13-5-7-16(8-6-13)24(22,23)18-10-9-17(21)19-15-4-2-3-14(11-15)12-20/h2-8,11,18,20H,9-10,12H2,1H3,(H,19,21). The fourth-order valence-electron chi connectivity index (χ4n) is 2.07. The van der Waals surface area contributed by atoms with Crippen LogP contribution < -0.4 is 10.0 Å². The first kappa shape index (κ1) is 18.1. The van der Waals surface area contributed by atoms with Crippen molar-refractivity contribution >= 4 is 21.6 Å². The van der Waals surface area contributed by atoms with Gasteiger partial charge in [-0.2, -0.15) is 0 Å². The lowest BCUT2D eigenvalue weighted by Gasteiger charge is -2.08. The molecule has 128 valence electrons. The first-order chi connectivity index (χ1) is 11.4. The highest BCUT2D eigenvalue weighted by Gasteiger charge is 2.13. The molecule has 3 N–H and O–H groups in total. The minimum atomic E-state index is -3.62. The number of rotatable bonds is 7. The number of amides is 1. The van der Waals surface area contributed by atoms with Gasteiger partial charge in [0.2, 0.25) is 15.9 Å². The van der Waals surface area contributed by atoms with Crippen molar-refractivity contribution in [3.63, 3.8) is 0 Å². The number of aliphatic hydroxyl groups excluding tert-OH is 1. The summed E-state index contributed by atoms with van der Waals surface area (Å²) in [6.07, 6.45) is 0.00838. The van der Waals surface area contributed by atoms with Gasteiger partial charge in [-0.3, -0.25) is 4.79 Å². The van der Waals surface area contributed by atoms with Crippen LogP contribution in [0.4, 0.5) is 5.69 Å². The van der Waals surface area contributed by atoms with Gasteiger partial charge in [0.15, 0.2) is 0 Å². The average molecular weight is 348 g/mol. The Bertz CT molecular complexity index is 802. The lowest BCUT2D eigenvalue weighted by atomic mass is 10.2. The van der Waals surface area contributed by atoms with Crippen molar-refractivity contribution in [1.82, 2.24) is 4.72 Å². The van der Waals surface area contributed by atoms with E-state index in [0.29, 0.717) is 11.3 Å². The van der Waals surface area contributed by atoms with Crippen LogP contribution in [0, 0.1) is 6.92 Å². The van der Waals surface area contributed by atoms with Gasteiger partial charge in [-0.05, 0) is 36.8 Å². The van der Waals surface area contributed by atoms with E-state index in [1.807, 2.05) is 6.92 Å². The molecular weight excluding hydrogens is 328 g/mol. The number of nitrogens with one attached hydrogen (secondary N) is 2. The zero-order valence-electron chi connectivity index (χ0n) is 13.3. The number of aryl methyl sites for hydroxylation is 1. The van der Waals surface area contributed by atoms with Crippen molar-refractivity contribution in [1.29, 1.82) is 0 Å². The van der Waals surface area contributed by atoms with Crippen LogP contribution in [0.3, 0.4) is 0 Å². The third-order valence-electron chi connectivity index (χ3n) is 3.37. The number of carbonyl (C=O) groups is 1. The summed E-state index contributed by atoms with van der Waals surface area (Å²) in [4.78, 5) is 12.0. The lowest BCUT2D eigenvalue weighted by molar-refractivity contribution is -0.116. The quantitative estimate of drug-likeness (QED) is 0.711. The van der Waals surface area contributed by atoms with Gasteiger partial charge in [0.25, 0.3) is 0 Å². The van der Waals surface area contributed by atoms with E-state index in [1.54, 1.807) is 36.4 Å². The number of aliphatic hydroxyl groups is 1. The normalized spacial score (nSPS) is 11.2. The number of carbonyl (C=O) groups excluding carboxylic acids is 1. The fraction of sp³-hybridized carbons (Fsp3) is 0.235. The number of anilines is 1. The lowest BCUT2D eigenvalue weighted by Crippen LogP contribution is -2.27. The molecule has 0 saturated heterocycles. The molecule has 0 spiro atoms. The predicted molar refractivity (Wildman–Crippen MR) is 92.0 cm³/mol. The molecule has 2 aromatic rings.